The molecule has 1 fully saturated rings. The second-order valence-electron chi connectivity index (χ2n) is 4.76. The van der Waals surface area contributed by atoms with Crippen molar-refractivity contribution >= 4 is 25.8 Å². The number of rotatable bonds is 4. The van der Waals surface area contributed by atoms with Crippen LogP contribution in [0, 0.1) is 0 Å². The van der Waals surface area contributed by atoms with Gasteiger partial charge in [-0.3, -0.25) is 4.79 Å². The van der Waals surface area contributed by atoms with Crippen molar-refractivity contribution in [1.82, 2.24) is 4.31 Å². The monoisotopic (exact) mass is 349 g/mol. The molecule has 122 valence electrons. The van der Waals surface area contributed by atoms with Crippen molar-refractivity contribution in [3.63, 3.8) is 0 Å². The molecule has 22 heavy (non-hydrogen) atoms. The highest BCUT2D eigenvalue weighted by molar-refractivity contribution is 7.92. The molecule has 1 N–H and O–H groups in total. The minimum Gasteiger partial charge on any atom is -0.497 e. The van der Waals surface area contributed by atoms with E-state index in [4.69, 9.17) is 9.84 Å². The van der Waals surface area contributed by atoms with Crippen LogP contribution < -0.4 is 4.74 Å². The van der Waals surface area contributed by atoms with Gasteiger partial charge in [-0.15, -0.1) is 0 Å². The fourth-order valence-electron chi connectivity index (χ4n) is 2.16. The fraction of sp³-hybridized carbons (Fsp3) is 0.417. The Morgan fingerprint density at radius 2 is 1.91 bits per heavy atom. The maximum Gasteiger partial charge on any atom is 0.323 e. The Morgan fingerprint density at radius 1 is 1.32 bits per heavy atom. The van der Waals surface area contributed by atoms with E-state index in [0.717, 1.165) is 4.31 Å². The van der Waals surface area contributed by atoms with E-state index in [0.29, 0.717) is 5.75 Å². The molecule has 0 bridgehead atoms. The zero-order valence-electron chi connectivity index (χ0n) is 11.7. The third-order valence-corrected chi connectivity index (χ3v) is 6.88. The van der Waals surface area contributed by atoms with Crippen molar-refractivity contribution in [3.05, 3.63) is 24.3 Å². The molecule has 1 aliphatic heterocycles. The highest BCUT2D eigenvalue weighted by atomic mass is 32.2. The number of methoxy groups -OCH3 is 1. The minimum absolute atomic E-state index is 0.112. The lowest BCUT2D eigenvalue weighted by Gasteiger charge is -2.31. The van der Waals surface area contributed by atoms with Gasteiger partial charge < -0.3 is 9.84 Å². The van der Waals surface area contributed by atoms with Crippen molar-refractivity contribution in [2.45, 2.75) is 10.9 Å². The molecule has 0 radical (unpaired) electrons. The van der Waals surface area contributed by atoms with Gasteiger partial charge in [0, 0.05) is 6.54 Å². The van der Waals surface area contributed by atoms with E-state index in [1.54, 1.807) is 0 Å². The van der Waals surface area contributed by atoms with Crippen LogP contribution in [0.25, 0.3) is 0 Å². The summed E-state index contributed by atoms with van der Waals surface area (Å²) < 4.78 is 53.8. The van der Waals surface area contributed by atoms with Gasteiger partial charge in [-0.1, -0.05) is 0 Å². The third kappa shape index (κ3) is 3.23. The fourth-order valence-corrected chi connectivity index (χ4v) is 5.39. The van der Waals surface area contributed by atoms with E-state index < -0.39 is 43.4 Å². The lowest BCUT2D eigenvalue weighted by molar-refractivity contribution is -0.140. The number of carboxylic acid groups (broad SMARTS) is 1. The number of carboxylic acids is 1. The SMILES string of the molecule is COc1ccc(S(=O)(=O)N2CCS(=O)(=O)CC2C(=O)O)cc1. The highest BCUT2D eigenvalue weighted by Crippen LogP contribution is 2.24. The number of sulfone groups is 1. The standard InChI is InChI=1S/C12H15NO7S2/c1-20-9-2-4-10(5-3-9)22(18,19)13-6-7-21(16,17)8-11(13)12(14)15/h2-5,11H,6-8H2,1H3,(H,14,15). The molecule has 0 aliphatic carbocycles. The molecule has 2 rings (SSSR count). The van der Waals surface area contributed by atoms with Gasteiger partial charge in [0.25, 0.3) is 0 Å². The van der Waals surface area contributed by atoms with Crippen LogP contribution in [0.3, 0.4) is 0 Å². The van der Waals surface area contributed by atoms with Gasteiger partial charge in [-0.05, 0) is 24.3 Å². The van der Waals surface area contributed by atoms with Crippen LogP contribution in [0.2, 0.25) is 0 Å². The number of hydrogen-bond acceptors (Lipinski definition) is 6. The third-order valence-electron chi connectivity index (χ3n) is 3.33. The number of carbonyl (C=O) groups is 1. The quantitative estimate of drug-likeness (QED) is 0.783. The summed E-state index contributed by atoms with van der Waals surface area (Å²) in [6.45, 7) is -0.381. The maximum atomic E-state index is 12.5. The van der Waals surface area contributed by atoms with E-state index >= 15 is 0 Å². The molecule has 1 aliphatic rings. The van der Waals surface area contributed by atoms with E-state index in [-0.39, 0.29) is 11.4 Å². The zero-order valence-corrected chi connectivity index (χ0v) is 13.3. The number of sulfonamides is 1. The molecule has 10 heteroatoms. The molecule has 0 aromatic heterocycles. The molecular weight excluding hydrogens is 334 g/mol. The first-order valence-corrected chi connectivity index (χ1v) is 9.52. The summed E-state index contributed by atoms with van der Waals surface area (Å²) in [5.41, 5.74) is 0. The molecule has 0 amide bonds. The summed E-state index contributed by atoms with van der Waals surface area (Å²) in [4.78, 5) is 11.1. The number of nitrogens with zero attached hydrogens (tertiary/aromatic N) is 1. The van der Waals surface area contributed by atoms with Crippen molar-refractivity contribution in [2.24, 2.45) is 0 Å². The van der Waals surface area contributed by atoms with Crippen molar-refractivity contribution < 1.29 is 31.5 Å². The van der Waals surface area contributed by atoms with Gasteiger partial charge in [0.1, 0.15) is 11.8 Å². The van der Waals surface area contributed by atoms with E-state index in [1.807, 2.05) is 0 Å². The number of aliphatic carboxylic acids is 1. The summed E-state index contributed by atoms with van der Waals surface area (Å²) >= 11 is 0. The van der Waals surface area contributed by atoms with Gasteiger partial charge in [-0.2, -0.15) is 4.31 Å². The Kier molecular flexibility index (Phi) is 4.45. The number of hydrogen-bond donors (Lipinski definition) is 1. The van der Waals surface area contributed by atoms with Crippen LogP contribution in [-0.4, -0.2) is 63.4 Å². The largest absolute Gasteiger partial charge is 0.497 e. The van der Waals surface area contributed by atoms with Gasteiger partial charge >= 0.3 is 5.97 Å². The molecule has 0 spiro atoms. The topological polar surface area (TPSA) is 118 Å². The Bertz CT molecular complexity index is 768. The normalized spacial score (nSPS) is 22.1. The second kappa shape index (κ2) is 5.86. The van der Waals surface area contributed by atoms with Crippen molar-refractivity contribution in [2.75, 3.05) is 25.2 Å². The Balaban J connectivity index is 2.40. The van der Waals surface area contributed by atoms with Crippen LogP contribution in [0.4, 0.5) is 0 Å². The van der Waals surface area contributed by atoms with Crippen LogP contribution in [0.1, 0.15) is 0 Å². The van der Waals surface area contributed by atoms with Crippen LogP contribution in [0.15, 0.2) is 29.2 Å². The maximum absolute atomic E-state index is 12.5. The molecule has 1 unspecified atom stereocenters. The van der Waals surface area contributed by atoms with E-state index in [1.165, 1.54) is 31.4 Å². The molecule has 1 atom stereocenters. The van der Waals surface area contributed by atoms with Crippen LogP contribution >= 0.6 is 0 Å². The van der Waals surface area contributed by atoms with Crippen LogP contribution in [-0.2, 0) is 24.7 Å². The molecule has 1 heterocycles. The second-order valence-corrected chi connectivity index (χ2v) is 8.88. The highest BCUT2D eigenvalue weighted by Gasteiger charge is 2.42. The average molecular weight is 349 g/mol. The smallest absolute Gasteiger partial charge is 0.323 e. The van der Waals surface area contributed by atoms with E-state index in [2.05, 4.69) is 0 Å². The zero-order chi connectivity index (χ0) is 16.5. The average Bonchev–Trinajstić information content (AvgIpc) is 2.46. The Labute approximate surface area is 128 Å². The first-order valence-electron chi connectivity index (χ1n) is 6.26. The lowest BCUT2D eigenvalue weighted by Crippen LogP contribution is -2.54. The van der Waals surface area contributed by atoms with Gasteiger partial charge in [0.05, 0.1) is 23.5 Å². The molecule has 0 saturated carbocycles. The van der Waals surface area contributed by atoms with Crippen molar-refractivity contribution in [1.29, 1.82) is 0 Å². The van der Waals surface area contributed by atoms with Gasteiger partial charge in [0.15, 0.2) is 9.84 Å². The molecule has 1 saturated heterocycles. The number of benzene rings is 1. The summed E-state index contributed by atoms with van der Waals surface area (Å²) in [6.07, 6.45) is 0. The Morgan fingerprint density at radius 3 is 2.41 bits per heavy atom. The molecule has 1 aromatic carbocycles. The first kappa shape index (κ1) is 16.7. The summed E-state index contributed by atoms with van der Waals surface area (Å²) in [5.74, 6) is -2.15. The molecular formula is C12H15NO7S2. The predicted molar refractivity (Wildman–Crippen MR) is 77.0 cm³/mol. The molecule has 1 aromatic rings. The summed E-state index contributed by atoms with van der Waals surface area (Å²) in [5, 5.41) is 9.14. The van der Waals surface area contributed by atoms with Gasteiger partial charge in [0.2, 0.25) is 10.0 Å². The Hall–Kier alpha value is -1.65. The van der Waals surface area contributed by atoms with E-state index in [9.17, 15) is 21.6 Å². The summed E-state index contributed by atoms with van der Waals surface area (Å²) in [7, 11) is -6.24. The number of ether oxygens (including phenoxy) is 1. The first-order chi connectivity index (χ1) is 10.2. The predicted octanol–water partition coefficient (Wildman–Crippen LogP) is -0.432. The lowest BCUT2D eigenvalue weighted by atomic mass is 10.3. The van der Waals surface area contributed by atoms with Crippen LogP contribution in [0.5, 0.6) is 5.75 Å². The van der Waals surface area contributed by atoms with Crippen molar-refractivity contribution in [3.8, 4) is 5.75 Å². The molecule has 8 nitrogen and oxygen atoms in total. The van der Waals surface area contributed by atoms with Gasteiger partial charge in [-0.25, -0.2) is 16.8 Å². The summed E-state index contributed by atoms with van der Waals surface area (Å²) in [6, 6.07) is 3.82. The minimum atomic E-state index is -4.10.